The summed E-state index contributed by atoms with van der Waals surface area (Å²) in [6.07, 6.45) is 3.88. The molecule has 146 valence electrons. The monoisotopic (exact) mass is 382 g/mol. The summed E-state index contributed by atoms with van der Waals surface area (Å²) < 4.78 is 2.13. The zero-order valence-electron chi connectivity index (χ0n) is 18.1. The predicted molar refractivity (Wildman–Crippen MR) is 120 cm³/mol. The van der Waals surface area contributed by atoms with Gasteiger partial charge in [-0.05, 0) is 72.6 Å². The highest BCUT2D eigenvalue weighted by Gasteiger charge is 2.18. The molecular formula is C26H28N3+. The Morgan fingerprint density at radius 3 is 2.31 bits per heavy atom. The Hall–Kier alpha value is -3.07. The highest BCUT2D eigenvalue weighted by molar-refractivity contribution is 5.94. The summed E-state index contributed by atoms with van der Waals surface area (Å²) >= 11 is 0. The third-order valence-corrected chi connectivity index (χ3v) is 5.75. The fraction of sp³-hybridized carbons (Fsp3) is 0.269. The molecule has 0 aliphatic heterocycles. The fourth-order valence-corrected chi connectivity index (χ4v) is 3.95. The molecule has 0 atom stereocenters. The van der Waals surface area contributed by atoms with Gasteiger partial charge in [-0.15, -0.1) is 0 Å². The average molecular weight is 383 g/mol. The second-order valence-corrected chi connectivity index (χ2v) is 8.32. The van der Waals surface area contributed by atoms with Crippen LogP contribution in [0.1, 0.15) is 42.1 Å². The van der Waals surface area contributed by atoms with E-state index in [4.69, 9.17) is 4.98 Å². The van der Waals surface area contributed by atoms with Crippen molar-refractivity contribution < 1.29 is 4.57 Å². The summed E-state index contributed by atoms with van der Waals surface area (Å²) in [5.41, 5.74) is 10.8. The van der Waals surface area contributed by atoms with Crippen molar-refractivity contribution in [1.82, 2.24) is 9.97 Å². The van der Waals surface area contributed by atoms with Crippen LogP contribution in [-0.2, 0) is 7.05 Å². The van der Waals surface area contributed by atoms with Gasteiger partial charge in [0.1, 0.15) is 5.69 Å². The molecule has 0 bridgehead atoms. The SMILES string of the molecule is Cc1cc(C)c(C)c(-c2c3ccc(-c4ccc(C(C)C)nc4)cc3nc[n+]2C)c1. The summed E-state index contributed by atoms with van der Waals surface area (Å²) in [6.45, 7) is 10.9. The fourth-order valence-electron chi connectivity index (χ4n) is 3.95. The molecule has 2 aromatic carbocycles. The van der Waals surface area contributed by atoms with Crippen LogP contribution in [-0.4, -0.2) is 9.97 Å². The first-order valence-electron chi connectivity index (χ1n) is 10.2. The van der Waals surface area contributed by atoms with E-state index in [1.54, 1.807) is 0 Å². The maximum atomic E-state index is 4.72. The summed E-state index contributed by atoms with van der Waals surface area (Å²) in [5.74, 6) is 0.436. The summed E-state index contributed by atoms with van der Waals surface area (Å²) in [7, 11) is 2.07. The first kappa shape index (κ1) is 19.3. The smallest absolute Gasteiger partial charge is 0.260 e. The van der Waals surface area contributed by atoms with E-state index in [2.05, 4.69) is 93.7 Å². The largest absolute Gasteiger partial charge is 0.287 e. The molecule has 3 heteroatoms. The Morgan fingerprint density at radius 1 is 0.862 bits per heavy atom. The van der Waals surface area contributed by atoms with E-state index >= 15 is 0 Å². The maximum Gasteiger partial charge on any atom is 0.287 e. The molecular weight excluding hydrogens is 354 g/mol. The van der Waals surface area contributed by atoms with Crippen molar-refractivity contribution in [3.8, 4) is 22.4 Å². The normalized spacial score (nSPS) is 11.4. The first-order chi connectivity index (χ1) is 13.8. The average Bonchev–Trinajstić information content (AvgIpc) is 2.70. The number of nitrogens with zero attached hydrogens (tertiary/aromatic N) is 3. The number of hydrogen-bond donors (Lipinski definition) is 0. The van der Waals surface area contributed by atoms with Crippen molar-refractivity contribution in [3.05, 3.63) is 77.4 Å². The Balaban J connectivity index is 1.88. The standard InChI is InChI=1S/C26H28N3/c1-16(2)24-10-8-21(14-27-24)20-7-9-22-25(13-20)28-15-29(6)26(22)23-12-17(3)11-18(4)19(23)5/h7-16H,1-6H3/q+1. The van der Waals surface area contributed by atoms with Crippen molar-refractivity contribution in [2.45, 2.75) is 40.5 Å². The molecule has 0 aliphatic rings. The van der Waals surface area contributed by atoms with Gasteiger partial charge in [-0.3, -0.25) is 4.98 Å². The second-order valence-electron chi connectivity index (χ2n) is 8.32. The van der Waals surface area contributed by atoms with Gasteiger partial charge in [-0.25, -0.2) is 4.57 Å². The van der Waals surface area contributed by atoms with E-state index in [-0.39, 0.29) is 0 Å². The molecule has 0 saturated heterocycles. The molecule has 3 nitrogen and oxygen atoms in total. The van der Waals surface area contributed by atoms with Crippen molar-refractivity contribution in [2.24, 2.45) is 7.05 Å². The topological polar surface area (TPSA) is 29.7 Å². The molecule has 0 unspecified atom stereocenters. The van der Waals surface area contributed by atoms with E-state index in [0.717, 1.165) is 22.3 Å². The van der Waals surface area contributed by atoms with Crippen LogP contribution >= 0.6 is 0 Å². The lowest BCUT2D eigenvalue weighted by Gasteiger charge is -2.13. The van der Waals surface area contributed by atoms with Gasteiger partial charge in [0.05, 0.1) is 12.4 Å². The van der Waals surface area contributed by atoms with Crippen molar-refractivity contribution in [3.63, 3.8) is 0 Å². The zero-order chi connectivity index (χ0) is 20.7. The van der Waals surface area contributed by atoms with Gasteiger partial charge < -0.3 is 0 Å². The predicted octanol–water partition coefficient (Wildman–Crippen LogP) is 5.84. The molecule has 0 spiro atoms. The minimum Gasteiger partial charge on any atom is -0.260 e. The lowest BCUT2D eigenvalue weighted by atomic mass is 9.95. The number of benzene rings is 2. The summed E-state index contributed by atoms with van der Waals surface area (Å²) in [4.78, 5) is 9.34. The van der Waals surface area contributed by atoms with E-state index in [1.807, 2.05) is 12.5 Å². The number of aromatic nitrogens is 3. The highest BCUT2D eigenvalue weighted by Crippen LogP contribution is 2.31. The number of fused-ring (bicyclic) bond motifs is 1. The summed E-state index contributed by atoms with van der Waals surface area (Å²) in [6, 6.07) is 15.3. The molecule has 0 aliphatic carbocycles. The van der Waals surface area contributed by atoms with Gasteiger partial charge in [-0.2, -0.15) is 0 Å². The molecule has 2 aromatic heterocycles. The van der Waals surface area contributed by atoms with Crippen LogP contribution in [0.25, 0.3) is 33.3 Å². The van der Waals surface area contributed by atoms with E-state index in [9.17, 15) is 0 Å². The van der Waals surface area contributed by atoms with Crippen LogP contribution in [0.5, 0.6) is 0 Å². The van der Waals surface area contributed by atoms with Crippen LogP contribution in [0, 0.1) is 20.8 Å². The lowest BCUT2D eigenvalue weighted by molar-refractivity contribution is -0.662. The van der Waals surface area contributed by atoms with Crippen molar-refractivity contribution in [2.75, 3.05) is 0 Å². The quantitative estimate of drug-likeness (QED) is 0.417. The van der Waals surface area contributed by atoms with Gasteiger partial charge in [0.15, 0.2) is 5.52 Å². The van der Waals surface area contributed by atoms with Crippen LogP contribution < -0.4 is 4.57 Å². The van der Waals surface area contributed by atoms with E-state index in [1.165, 1.54) is 33.3 Å². The van der Waals surface area contributed by atoms with E-state index in [0.29, 0.717) is 5.92 Å². The zero-order valence-corrected chi connectivity index (χ0v) is 18.1. The Kier molecular flexibility index (Phi) is 4.91. The minimum absolute atomic E-state index is 0.436. The van der Waals surface area contributed by atoms with Gasteiger partial charge in [-0.1, -0.05) is 37.6 Å². The van der Waals surface area contributed by atoms with Crippen molar-refractivity contribution >= 4 is 10.9 Å². The van der Waals surface area contributed by atoms with Gasteiger partial charge >= 0.3 is 0 Å². The minimum atomic E-state index is 0.436. The molecule has 0 radical (unpaired) electrons. The molecule has 2 heterocycles. The molecule has 0 N–H and O–H groups in total. The Morgan fingerprint density at radius 2 is 1.62 bits per heavy atom. The van der Waals surface area contributed by atoms with Crippen LogP contribution in [0.2, 0.25) is 0 Å². The Labute approximate surface area is 173 Å². The van der Waals surface area contributed by atoms with E-state index < -0.39 is 0 Å². The number of pyridine rings is 1. The van der Waals surface area contributed by atoms with Gasteiger partial charge in [0.25, 0.3) is 6.33 Å². The van der Waals surface area contributed by atoms with Crippen LogP contribution in [0.15, 0.2) is 55.0 Å². The molecule has 4 aromatic rings. The number of aryl methyl sites for hydroxylation is 3. The molecule has 0 saturated carbocycles. The van der Waals surface area contributed by atoms with Gasteiger partial charge in [0, 0.05) is 23.0 Å². The number of hydrogen-bond acceptors (Lipinski definition) is 2. The van der Waals surface area contributed by atoms with Gasteiger partial charge in [0.2, 0.25) is 0 Å². The number of rotatable bonds is 3. The maximum absolute atomic E-state index is 4.72. The molecule has 29 heavy (non-hydrogen) atoms. The van der Waals surface area contributed by atoms with Crippen LogP contribution in [0.4, 0.5) is 0 Å². The van der Waals surface area contributed by atoms with Crippen LogP contribution in [0.3, 0.4) is 0 Å². The first-order valence-corrected chi connectivity index (χ1v) is 10.2. The third-order valence-electron chi connectivity index (χ3n) is 5.75. The third kappa shape index (κ3) is 3.53. The summed E-state index contributed by atoms with van der Waals surface area (Å²) in [5, 5.41) is 1.17. The molecule has 4 rings (SSSR count). The van der Waals surface area contributed by atoms with Crippen molar-refractivity contribution in [1.29, 1.82) is 0 Å². The second kappa shape index (κ2) is 7.40. The Bertz CT molecular complexity index is 1210. The highest BCUT2D eigenvalue weighted by atomic mass is 15.0. The molecule has 0 fully saturated rings. The molecule has 0 amide bonds. The lowest BCUT2D eigenvalue weighted by Crippen LogP contribution is -2.32.